The van der Waals surface area contributed by atoms with E-state index in [1.165, 1.54) is 0 Å². The smallest absolute Gasteiger partial charge is 0.211 e. The van der Waals surface area contributed by atoms with Crippen LogP contribution in [0, 0.1) is 5.92 Å². The summed E-state index contributed by atoms with van der Waals surface area (Å²) in [7, 11) is -2.10. The van der Waals surface area contributed by atoms with Gasteiger partial charge in [0.1, 0.15) is 5.76 Å². The number of hydrogen-bond donors (Lipinski definition) is 0. The highest BCUT2D eigenvalue weighted by atomic mass is 28.4. The van der Waals surface area contributed by atoms with Gasteiger partial charge in [0.05, 0.1) is 0 Å². The molecule has 0 aliphatic carbocycles. The van der Waals surface area contributed by atoms with E-state index in [0.717, 1.165) is 5.56 Å². The van der Waals surface area contributed by atoms with Crippen LogP contribution in [0.25, 0.3) is 5.76 Å². The molecule has 3 atom stereocenters. The molecule has 1 aromatic rings. The van der Waals surface area contributed by atoms with E-state index in [1.54, 1.807) is 0 Å². The van der Waals surface area contributed by atoms with Gasteiger partial charge < -0.3 is 9.16 Å². The second kappa shape index (κ2) is 6.34. The minimum atomic E-state index is -2.10. The molecule has 1 fully saturated rings. The zero-order chi connectivity index (χ0) is 18.3. The molecule has 1 aliphatic heterocycles. The highest BCUT2D eigenvalue weighted by molar-refractivity contribution is 6.81. The van der Waals surface area contributed by atoms with Crippen LogP contribution in [-0.2, 0) is 9.16 Å². The van der Waals surface area contributed by atoms with Crippen molar-refractivity contribution in [2.24, 2.45) is 5.92 Å². The predicted molar refractivity (Wildman–Crippen MR) is 105 cm³/mol. The van der Waals surface area contributed by atoms with Gasteiger partial charge in [0.25, 0.3) is 0 Å². The van der Waals surface area contributed by atoms with Gasteiger partial charge >= 0.3 is 0 Å². The van der Waals surface area contributed by atoms with Crippen LogP contribution in [-0.4, -0.2) is 14.6 Å². The van der Waals surface area contributed by atoms with Gasteiger partial charge in [0.15, 0.2) is 6.29 Å². The van der Waals surface area contributed by atoms with E-state index in [4.69, 9.17) is 9.16 Å². The molecule has 1 aromatic carbocycles. The fourth-order valence-electron chi connectivity index (χ4n) is 4.81. The zero-order valence-corrected chi connectivity index (χ0v) is 17.6. The Labute approximate surface area is 149 Å². The van der Waals surface area contributed by atoms with E-state index in [1.807, 2.05) is 30.3 Å². The summed E-state index contributed by atoms with van der Waals surface area (Å²) in [4.78, 5) is 0. The second-order valence-corrected chi connectivity index (χ2v) is 14.9. The summed E-state index contributed by atoms with van der Waals surface area (Å²) >= 11 is 0. The van der Waals surface area contributed by atoms with E-state index < -0.39 is 8.32 Å². The van der Waals surface area contributed by atoms with Crippen molar-refractivity contribution in [3.8, 4) is 0 Å². The highest BCUT2D eigenvalue weighted by Gasteiger charge is 2.65. The number of ether oxygens (including phenoxy) is 1. The van der Waals surface area contributed by atoms with Gasteiger partial charge in [-0.15, -0.1) is 0 Å². The molecule has 0 radical (unpaired) electrons. The maximum atomic E-state index is 6.85. The number of hydrogen-bond acceptors (Lipinski definition) is 2. The summed E-state index contributed by atoms with van der Waals surface area (Å²) in [5.41, 5.74) is 1.54. The Kier molecular flexibility index (Phi) is 5.09. The summed E-state index contributed by atoms with van der Waals surface area (Å²) in [5.74, 6) is 1.06. The molecular formula is C21H34O2Si. The van der Waals surface area contributed by atoms with Crippen molar-refractivity contribution in [1.29, 1.82) is 0 Å². The third-order valence-corrected chi connectivity index (χ3v) is 12.6. The SMILES string of the molecule is C=C(O[C@@H]1O[Si](C(C)(C)C)(C(C)(C)C)[C@H](C)[C@H]1C)c1ccccc1. The van der Waals surface area contributed by atoms with Crippen LogP contribution in [0.1, 0.15) is 61.0 Å². The van der Waals surface area contributed by atoms with Crippen molar-refractivity contribution in [2.45, 2.75) is 77.3 Å². The van der Waals surface area contributed by atoms with E-state index in [-0.39, 0.29) is 16.4 Å². The fraction of sp³-hybridized carbons (Fsp3) is 0.619. The minimum absolute atomic E-state index is 0.144. The van der Waals surface area contributed by atoms with Crippen molar-refractivity contribution < 1.29 is 9.16 Å². The van der Waals surface area contributed by atoms with Gasteiger partial charge in [-0.2, -0.15) is 0 Å². The van der Waals surface area contributed by atoms with Crippen molar-refractivity contribution in [3.05, 3.63) is 42.5 Å². The normalized spacial score (nSPS) is 27.1. The van der Waals surface area contributed by atoms with Crippen molar-refractivity contribution in [3.63, 3.8) is 0 Å². The molecule has 1 heterocycles. The molecule has 1 saturated heterocycles. The maximum Gasteiger partial charge on any atom is 0.211 e. The molecule has 0 N–H and O–H groups in total. The van der Waals surface area contributed by atoms with Gasteiger partial charge in [-0.05, 0) is 15.6 Å². The number of benzene rings is 1. The maximum absolute atomic E-state index is 6.85. The van der Waals surface area contributed by atoms with Crippen LogP contribution in [0.5, 0.6) is 0 Å². The molecule has 0 spiro atoms. The Balaban J connectivity index is 2.31. The van der Waals surface area contributed by atoms with Gasteiger partial charge in [-0.1, -0.05) is 92.3 Å². The largest absolute Gasteiger partial charge is 0.466 e. The minimum Gasteiger partial charge on any atom is -0.466 e. The summed E-state index contributed by atoms with van der Waals surface area (Å²) in [6, 6.07) is 10.1. The average molecular weight is 347 g/mol. The first kappa shape index (κ1) is 19.3. The first-order valence-electron chi connectivity index (χ1n) is 9.00. The van der Waals surface area contributed by atoms with E-state index >= 15 is 0 Å². The van der Waals surface area contributed by atoms with Gasteiger partial charge in [-0.3, -0.25) is 0 Å². The molecular weight excluding hydrogens is 312 g/mol. The molecule has 0 unspecified atom stereocenters. The van der Waals surface area contributed by atoms with Crippen LogP contribution in [0.2, 0.25) is 15.6 Å². The molecule has 24 heavy (non-hydrogen) atoms. The molecule has 0 bridgehead atoms. The number of rotatable bonds is 3. The third kappa shape index (κ3) is 3.09. The second-order valence-electron chi connectivity index (χ2n) is 9.28. The van der Waals surface area contributed by atoms with E-state index in [0.29, 0.717) is 17.2 Å². The monoisotopic (exact) mass is 346 g/mol. The van der Waals surface area contributed by atoms with Crippen LogP contribution < -0.4 is 0 Å². The molecule has 2 nitrogen and oxygen atoms in total. The molecule has 0 aromatic heterocycles. The van der Waals surface area contributed by atoms with Gasteiger partial charge in [0.2, 0.25) is 8.32 Å². The lowest BCUT2D eigenvalue weighted by Gasteiger charge is -2.50. The summed E-state index contributed by atoms with van der Waals surface area (Å²) in [6.07, 6.45) is -0.210. The lowest BCUT2D eigenvalue weighted by Crippen LogP contribution is -2.55. The quantitative estimate of drug-likeness (QED) is 0.453. The molecule has 1 aliphatic rings. The van der Waals surface area contributed by atoms with Crippen molar-refractivity contribution in [2.75, 3.05) is 0 Å². The Morgan fingerprint density at radius 2 is 1.50 bits per heavy atom. The van der Waals surface area contributed by atoms with Crippen LogP contribution in [0.4, 0.5) is 0 Å². The van der Waals surface area contributed by atoms with Crippen LogP contribution >= 0.6 is 0 Å². The Morgan fingerprint density at radius 1 is 1.00 bits per heavy atom. The molecule has 3 heteroatoms. The highest BCUT2D eigenvalue weighted by Crippen LogP contribution is 2.63. The van der Waals surface area contributed by atoms with Gasteiger partial charge in [-0.25, -0.2) is 0 Å². The van der Waals surface area contributed by atoms with Crippen LogP contribution in [0.15, 0.2) is 36.9 Å². The molecule has 134 valence electrons. The standard InChI is InChI=1S/C21H34O2Si/c1-15-17(3)24(20(4,5)6,21(7,8)9)23-19(15)22-16(2)18-13-11-10-12-14-18/h10-15,17,19H,2H2,1,3-9H3/t15-,17-,19-/m1/s1. The first-order valence-corrected chi connectivity index (χ1v) is 11.0. The van der Waals surface area contributed by atoms with Crippen molar-refractivity contribution in [1.82, 2.24) is 0 Å². The zero-order valence-electron chi connectivity index (χ0n) is 16.6. The molecule has 0 amide bonds. The fourth-order valence-corrected chi connectivity index (χ4v) is 12.2. The lowest BCUT2D eigenvalue weighted by molar-refractivity contribution is -0.0401. The Morgan fingerprint density at radius 3 is 1.92 bits per heavy atom. The Bertz CT molecular complexity index is 566. The topological polar surface area (TPSA) is 18.5 Å². The molecule has 0 saturated carbocycles. The summed E-state index contributed by atoms with van der Waals surface area (Å²) in [6.45, 7) is 22.8. The Hall–Kier alpha value is -1.06. The van der Waals surface area contributed by atoms with E-state index in [9.17, 15) is 0 Å². The lowest BCUT2D eigenvalue weighted by atomic mass is 10.1. The average Bonchev–Trinajstić information content (AvgIpc) is 2.73. The van der Waals surface area contributed by atoms with Gasteiger partial charge in [0, 0.05) is 11.5 Å². The summed E-state index contributed by atoms with van der Waals surface area (Å²) in [5, 5.41) is 0.288. The predicted octanol–water partition coefficient (Wildman–Crippen LogP) is 6.60. The third-order valence-electron chi connectivity index (χ3n) is 5.74. The first-order chi connectivity index (χ1) is 10.9. The van der Waals surface area contributed by atoms with Crippen molar-refractivity contribution >= 4 is 14.1 Å². The summed E-state index contributed by atoms with van der Waals surface area (Å²) < 4.78 is 13.1. The molecule has 2 rings (SSSR count). The van der Waals surface area contributed by atoms with Crippen LogP contribution in [0.3, 0.4) is 0 Å². The van der Waals surface area contributed by atoms with E-state index in [2.05, 4.69) is 62.0 Å².